The number of carbonyl (C=O) groups excluding carboxylic acids is 1. The summed E-state index contributed by atoms with van der Waals surface area (Å²) in [5.41, 5.74) is -1.91. The first-order valence-electron chi connectivity index (χ1n) is 6.19. The number of hydrogen-bond donors (Lipinski definition) is 3. The quantitative estimate of drug-likeness (QED) is 0.464. The normalized spacial score (nSPS) is 16.9. The Labute approximate surface area is 110 Å². The third-order valence-electron chi connectivity index (χ3n) is 3.75. The number of carboxylic acids is 2. The molecule has 1 heterocycles. The van der Waals surface area contributed by atoms with Gasteiger partial charge in [-0.05, 0) is 38.3 Å². The van der Waals surface area contributed by atoms with Crippen LogP contribution in [0.1, 0.15) is 25.7 Å². The molecular formula is C12H19NO6. The van der Waals surface area contributed by atoms with Crippen molar-refractivity contribution >= 4 is 17.9 Å². The minimum atomic E-state index is -1.91. The molecule has 0 saturated carbocycles. The zero-order valence-electron chi connectivity index (χ0n) is 10.8. The Bertz CT molecular complexity index is 347. The molecule has 0 bridgehead atoms. The van der Waals surface area contributed by atoms with Crippen LogP contribution in [0.4, 0.5) is 0 Å². The SMILES string of the molecule is COC(=O)CCC(C(=O)O)(C(=O)O)C1CCNCC1. The minimum Gasteiger partial charge on any atom is -0.480 e. The van der Waals surface area contributed by atoms with Crippen molar-refractivity contribution < 1.29 is 29.3 Å². The lowest BCUT2D eigenvalue weighted by atomic mass is 9.68. The number of rotatable bonds is 6. The van der Waals surface area contributed by atoms with Gasteiger partial charge in [-0.25, -0.2) is 0 Å². The zero-order chi connectivity index (χ0) is 14.5. The average molecular weight is 273 g/mol. The van der Waals surface area contributed by atoms with Gasteiger partial charge in [-0.15, -0.1) is 0 Å². The molecule has 0 aromatic carbocycles. The van der Waals surface area contributed by atoms with Gasteiger partial charge in [0, 0.05) is 6.42 Å². The number of nitrogens with one attached hydrogen (secondary N) is 1. The van der Waals surface area contributed by atoms with E-state index in [4.69, 9.17) is 0 Å². The average Bonchev–Trinajstić information content (AvgIpc) is 2.39. The van der Waals surface area contributed by atoms with Crippen molar-refractivity contribution in [3.63, 3.8) is 0 Å². The van der Waals surface area contributed by atoms with Crippen molar-refractivity contribution in [2.45, 2.75) is 25.7 Å². The Morgan fingerprint density at radius 1 is 1.21 bits per heavy atom. The van der Waals surface area contributed by atoms with Crippen LogP contribution in [-0.2, 0) is 19.1 Å². The molecule has 108 valence electrons. The molecule has 0 aromatic rings. The second-order valence-electron chi connectivity index (χ2n) is 4.68. The number of ether oxygens (including phenoxy) is 1. The fraction of sp³-hybridized carbons (Fsp3) is 0.750. The molecule has 3 N–H and O–H groups in total. The Morgan fingerprint density at radius 3 is 2.16 bits per heavy atom. The third-order valence-corrected chi connectivity index (χ3v) is 3.75. The smallest absolute Gasteiger partial charge is 0.321 e. The molecule has 1 saturated heterocycles. The molecule has 1 aliphatic rings. The van der Waals surface area contributed by atoms with Crippen LogP contribution in [0.3, 0.4) is 0 Å². The monoisotopic (exact) mass is 273 g/mol. The number of carbonyl (C=O) groups is 3. The van der Waals surface area contributed by atoms with Gasteiger partial charge in [-0.3, -0.25) is 14.4 Å². The Hall–Kier alpha value is -1.63. The van der Waals surface area contributed by atoms with E-state index in [1.807, 2.05) is 0 Å². The van der Waals surface area contributed by atoms with Crippen molar-refractivity contribution in [1.82, 2.24) is 5.32 Å². The van der Waals surface area contributed by atoms with Crippen molar-refractivity contribution in [2.75, 3.05) is 20.2 Å². The molecular weight excluding hydrogens is 254 g/mol. The van der Waals surface area contributed by atoms with E-state index in [9.17, 15) is 24.6 Å². The van der Waals surface area contributed by atoms with Crippen molar-refractivity contribution in [3.05, 3.63) is 0 Å². The molecule has 1 fully saturated rings. The number of carboxylic acid groups (broad SMARTS) is 2. The first-order valence-corrected chi connectivity index (χ1v) is 6.19. The summed E-state index contributed by atoms with van der Waals surface area (Å²) in [5.74, 6) is -3.83. The van der Waals surface area contributed by atoms with Gasteiger partial charge in [-0.1, -0.05) is 0 Å². The molecule has 1 rings (SSSR count). The highest BCUT2D eigenvalue weighted by molar-refractivity contribution is 5.99. The van der Waals surface area contributed by atoms with Gasteiger partial charge in [0.25, 0.3) is 0 Å². The lowest BCUT2D eigenvalue weighted by molar-refractivity contribution is -0.171. The predicted molar refractivity (Wildman–Crippen MR) is 64.5 cm³/mol. The summed E-state index contributed by atoms with van der Waals surface area (Å²) in [6.45, 7) is 1.18. The fourth-order valence-corrected chi connectivity index (χ4v) is 2.57. The summed E-state index contributed by atoms with van der Waals surface area (Å²) in [7, 11) is 1.19. The predicted octanol–water partition coefficient (Wildman–Crippen LogP) is 0.0948. The second kappa shape index (κ2) is 6.51. The molecule has 0 spiro atoms. The van der Waals surface area contributed by atoms with Gasteiger partial charge in [0.1, 0.15) is 0 Å². The van der Waals surface area contributed by atoms with E-state index in [1.165, 1.54) is 7.11 Å². The first-order chi connectivity index (χ1) is 8.95. The van der Waals surface area contributed by atoms with Crippen LogP contribution in [0.15, 0.2) is 0 Å². The Morgan fingerprint density at radius 2 is 1.74 bits per heavy atom. The topological polar surface area (TPSA) is 113 Å². The minimum absolute atomic E-state index is 0.209. The highest BCUT2D eigenvalue weighted by atomic mass is 16.5. The maximum absolute atomic E-state index is 11.5. The highest BCUT2D eigenvalue weighted by Gasteiger charge is 2.52. The largest absolute Gasteiger partial charge is 0.480 e. The first kappa shape index (κ1) is 15.4. The molecule has 0 aromatic heterocycles. The van der Waals surface area contributed by atoms with E-state index in [2.05, 4.69) is 10.1 Å². The lowest BCUT2D eigenvalue weighted by Gasteiger charge is -2.36. The van der Waals surface area contributed by atoms with Crippen LogP contribution < -0.4 is 5.32 Å². The number of hydrogen-bond acceptors (Lipinski definition) is 5. The fourth-order valence-electron chi connectivity index (χ4n) is 2.57. The Kier molecular flexibility index (Phi) is 5.29. The van der Waals surface area contributed by atoms with Crippen LogP contribution in [-0.4, -0.2) is 48.3 Å². The number of methoxy groups -OCH3 is 1. The lowest BCUT2D eigenvalue weighted by Crippen LogP contribution is -2.49. The summed E-state index contributed by atoms with van der Waals surface area (Å²) in [6.07, 6.45) is 0.494. The van der Waals surface area contributed by atoms with E-state index in [0.29, 0.717) is 25.9 Å². The van der Waals surface area contributed by atoms with E-state index in [0.717, 1.165) is 0 Å². The van der Waals surface area contributed by atoms with Crippen LogP contribution >= 0.6 is 0 Å². The molecule has 7 heteroatoms. The molecule has 0 atom stereocenters. The molecule has 0 amide bonds. The number of esters is 1. The third kappa shape index (κ3) is 3.23. The van der Waals surface area contributed by atoms with Gasteiger partial charge in [0.2, 0.25) is 0 Å². The van der Waals surface area contributed by atoms with Crippen LogP contribution in [0.5, 0.6) is 0 Å². The Balaban J connectivity index is 2.96. The van der Waals surface area contributed by atoms with Gasteiger partial charge < -0.3 is 20.3 Å². The second-order valence-corrected chi connectivity index (χ2v) is 4.68. The van der Waals surface area contributed by atoms with E-state index < -0.39 is 29.2 Å². The van der Waals surface area contributed by atoms with Gasteiger partial charge in [-0.2, -0.15) is 0 Å². The van der Waals surface area contributed by atoms with Crippen molar-refractivity contribution in [3.8, 4) is 0 Å². The van der Waals surface area contributed by atoms with Crippen molar-refractivity contribution in [1.29, 1.82) is 0 Å². The van der Waals surface area contributed by atoms with Crippen LogP contribution in [0.2, 0.25) is 0 Å². The molecule has 19 heavy (non-hydrogen) atoms. The highest BCUT2D eigenvalue weighted by Crippen LogP contribution is 2.39. The van der Waals surface area contributed by atoms with E-state index in [1.54, 1.807) is 0 Å². The number of piperidine rings is 1. The van der Waals surface area contributed by atoms with Gasteiger partial charge in [0.05, 0.1) is 7.11 Å². The summed E-state index contributed by atoms with van der Waals surface area (Å²) < 4.78 is 4.46. The molecule has 0 aliphatic carbocycles. The van der Waals surface area contributed by atoms with E-state index in [-0.39, 0.29) is 12.8 Å². The zero-order valence-corrected chi connectivity index (χ0v) is 10.8. The van der Waals surface area contributed by atoms with Gasteiger partial charge in [0.15, 0.2) is 5.41 Å². The standard InChI is InChI=1S/C12H19NO6/c1-19-9(14)2-5-12(10(15)16,11(17)18)8-3-6-13-7-4-8/h8,13H,2-7H2,1H3,(H,15,16)(H,17,18). The van der Waals surface area contributed by atoms with E-state index >= 15 is 0 Å². The molecule has 0 radical (unpaired) electrons. The maximum atomic E-state index is 11.5. The summed E-state index contributed by atoms with van der Waals surface area (Å²) in [6, 6.07) is 0. The van der Waals surface area contributed by atoms with Crippen LogP contribution in [0, 0.1) is 11.3 Å². The van der Waals surface area contributed by atoms with Gasteiger partial charge >= 0.3 is 17.9 Å². The van der Waals surface area contributed by atoms with Crippen molar-refractivity contribution in [2.24, 2.45) is 11.3 Å². The maximum Gasteiger partial charge on any atom is 0.321 e. The summed E-state index contributed by atoms with van der Waals surface area (Å²) >= 11 is 0. The number of aliphatic carboxylic acids is 2. The summed E-state index contributed by atoms with van der Waals surface area (Å²) in [5, 5.41) is 21.8. The molecule has 0 unspecified atom stereocenters. The molecule has 7 nitrogen and oxygen atoms in total. The van der Waals surface area contributed by atoms with Crippen LogP contribution in [0.25, 0.3) is 0 Å². The summed E-state index contributed by atoms with van der Waals surface area (Å²) in [4.78, 5) is 34.2. The molecule has 1 aliphatic heterocycles.